The number of alkyl halides is 1. The third kappa shape index (κ3) is 2.72. The summed E-state index contributed by atoms with van der Waals surface area (Å²) in [5, 5.41) is -0.134. The van der Waals surface area contributed by atoms with Gasteiger partial charge in [0, 0.05) is 12.1 Å². The normalized spacial score (nSPS) is 19.0. The van der Waals surface area contributed by atoms with Crippen molar-refractivity contribution in [3.8, 4) is 5.88 Å². The molecule has 2 aromatic heterocycles. The summed E-state index contributed by atoms with van der Waals surface area (Å²) in [7, 11) is 3.80. The minimum Gasteiger partial charge on any atom is -0.481 e. The van der Waals surface area contributed by atoms with E-state index < -0.39 is 0 Å². The SMILES string of the molecule is COc1ccc2nc(C(C)Cl)n(C3CCN(C)CC3)c2n1. The first-order valence-corrected chi connectivity index (χ1v) is 7.79. The first-order chi connectivity index (χ1) is 10.1. The van der Waals surface area contributed by atoms with Crippen molar-refractivity contribution in [3.63, 3.8) is 0 Å². The highest BCUT2D eigenvalue weighted by atomic mass is 35.5. The topological polar surface area (TPSA) is 43.2 Å². The van der Waals surface area contributed by atoms with Crippen molar-refractivity contribution in [2.24, 2.45) is 0 Å². The highest BCUT2D eigenvalue weighted by Gasteiger charge is 2.25. The molecular formula is C15H21ClN4O. The van der Waals surface area contributed by atoms with Gasteiger partial charge in [0.1, 0.15) is 11.3 Å². The minimum absolute atomic E-state index is 0.134. The summed E-state index contributed by atoms with van der Waals surface area (Å²) in [5.74, 6) is 1.52. The largest absolute Gasteiger partial charge is 0.481 e. The number of hydrogen-bond donors (Lipinski definition) is 0. The zero-order valence-corrected chi connectivity index (χ0v) is 13.5. The fraction of sp³-hybridized carbons (Fsp3) is 0.600. The number of methoxy groups -OCH3 is 1. The van der Waals surface area contributed by atoms with Gasteiger partial charge in [0.15, 0.2) is 5.65 Å². The molecule has 21 heavy (non-hydrogen) atoms. The van der Waals surface area contributed by atoms with Crippen LogP contribution in [0.2, 0.25) is 0 Å². The first-order valence-electron chi connectivity index (χ1n) is 7.35. The number of halogens is 1. The summed E-state index contributed by atoms with van der Waals surface area (Å²) in [6.07, 6.45) is 2.19. The van der Waals surface area contributed by atoms with Gasteiger partial charge in [-0.1, -0.05) is 0 Å². The zero-order chi connectivity index (χ0) is 15.0. The van der Waals surface area contributed by atoms with Crippen LogP contribution in [0.4, 0.5) is 0 Å². The lowest BCUT2D eigenvalue weighted by Crippen LogP contribution is -2.32. The molecule has 114 valence electrons. The van der Waals surface area contributed by atoms with Crippen molar-refractivity contribution in [1.82, 2.24) is 19.4 Å². The molecule has 0 radical (unpaired) electrons. The summed E-state index contributed by atoms with van der Waals surface area (Å²) in [4.78, 5) is 11.6. The second kappa shape index (κ2) is 5.81. The van der Waals surface area contributed by atoms with E-state index in [1.807, 2.05) is 19.1 Å². The van der Waals surface area contributed by atoms with E-state index in [0.717, 1.165) is 42.9 Å². The molecule has 0 amide bonds. The molecule has 1 saturated heterocycles. The van der Waals surface area contributed by atoms with Crippen LogP contribution in [0, 0.1) is 0 Å². The molecule has 3 rings (SSSR count). The van der Waals surface area contributed by atoms with E-state index in [-0.39, 0.29) is 5.38 Å². The van der Waals surface area contributed by atoms with Crippen LogP contribution in [0.3, 0.4) is 0 Å². The summed E-state index contributed by atoms with van der Waals surface area (Å²) in [5.41, 5.74) is 1.77. The molecule has 3 heterocycles. The summed E-state index contributed by atoms with van der Waals surface area (Å²) in [6.45, 7) is 4.14. The van der Waals surface area contributed by atoms with Crippen LogP contribution < -0.4 is 4.74 Å². The quantitative estimate of drug-likeness (QED) is 0.818. The zero-order valence-electron chi connectivity index (χ0n) is 12.7. The number of aromatic nitrogens is 3. The third-order valence-corrected chi connectivity index (χ3v) is 4.35. The fourth-order valence-electron chi connectivity index (χ4n) is 2.98. The molecule has 1 aliphatic heterocycles. The van der Waals surface area contributed by atoms with Gasteiger partial charge in [0.05, 0.1) is 12.5 Å². The Bertz CT molecular complexity index is 632. The number of fused-ring (bicyclic) bond motifs is 1. The molecule has 6 heteroatoms. The van der Waals surface area contributed by atoms with E-state index >= 15 is 0 Å². The Balaban J connectivity index is 2.10. The van der Waals surface area contributed by atoms with Crippen LogP contribution >= 0.6 is 11.6 Å². The number of rotatable bonds is 3. The second-order valence-corrected chi connectivity index (χ2v) is 6.34. The number of hydrogen-bond acceptors (Lipinski definition) is 4. The van der Waals surface area contributed by atoms with Gasteiger partial charge in [-0.15, -0.1) is 11.6 Å². The molecule has 5 nitrogen and oxygen atoms in total. The van der Waals surface area contributed by atoms with Crippen LogP contribution in [-0.2, 0) is 0 Å². The average Bonchev–Trinajstić information content (AvgIpc) is 2.86. The first kappa shape index (κ1) is 14.6. The third-order valence-electron chi connectivity index (χ3n) is 4.16. The van der Waals surface area contributed by atoms with Gasteiger partial charge >= 0.3 is 0 Å². The molecule has 0 bridgehead atoms. The number of ether oxygens (including phenoxy) is 1. The Morgan fingerprint density at radius 2 is 2.00 bits per heavy atom. The maximum Gasteiger partial charge on any atom is 0.215 e. The Morgan fingerprint density at radius 1 is 1.29 bits per heavy atom. The molecule has 0 N–H and O–H groups in total. The molecule has 2 aromatic rings. The Labute approximate surface area is 129 Å². The van der Waals surface area contributed by atoms with E-state index in [2.05, 4.69) is 26.5 Å². The number of piperidine rings is 1. The van der Waals surface area contributed by atoms with Gasteiger partial charge < -0.3 is 14.2 Å². The lowest BCUT2D eigenvalue weighted by atomic mass is 10.1. The van der Waals surface area contributed by atoms with E-state index in [1.165, 1.54) is 0 Å². The average molecular weight is 309 g/mol. The van der Waals surface area contributed by atoms with Crippen LogP contribution in [-0.4, -0.2) is 46.7 Å². The van der Waals surface area contributed by atoms with E-state index in [4.69, 9.17) is 16.3 Å². The predicted octanol–water partition coefficient (Wildman–Crippen LogP) is 3.01. The fourth-order valence-corrected chi connectivity index (χ4v) is 3.14. The maximum absolute atomic E-state index is 6.35. The molecule has 0 aromatic carbocycles. The Morgan fingerprint density at radius 3 is 2.62 bits per heavy atom. The summed E-state index contributed by atoms with van der Waals surface area (Å²) in [6, 6.07) is 4.20. The number of nitrogens with zero attached hydrogens (tertiary/aromatic N) is 4. The molecule has 1 fully saturated rings. The van der Waals surface area contributed by atoms with E-state index in [0.29, 0.717) is 11.9 Å². The van der Waals surface area contributed by atoms with Gasteiger partial charge in [0.25, 0.3) is 0 Å². The van der Waals surface area contributed by atoms with E-state index in [9.17, 15) is 0 Å². The lowest BCUT2D eigenvalue weighted by Gasteiger charge is -2.31. The minimum atomic E-state index is -0.134. The Hall–Kier alpha value is -1.33. The smallest absolute Gasteiger partial charge is 0.215 e. The lowest BCUT2D eigenvalue weighted by molar-refractivity contribution is 0.221. The number of pyridine rings is 1. The molecule has 0 saturated carbocycles. The van der Waals surface area contributed by atoms with Gasteiger partial charge in [-0.2, -0.15) is 4.98 Å². The summed E-state index contributed by atoms with van der Waals surface area (Å²) >= 11 is 6.35. The molecule has 0 aliphatic carbocycles. The summed E-state index contributed by atoms with van der Waals surface area (Å²) < 4.78 is 7.48. The van der Waals surface area contributed by atoms with E-state index in [1.54, 1.807) is 7.11 Å². The van der Waals surface area contributed by atoms with Gasteiger partial charge in [-0.3, -0.25) is 0 Å². The predicted molar refractivity (Wildman–Crippen MR) is 84.1 cm³/mol. The van der Waals surface area contributed by atoms with Gasteiger partial charge in [-0.25, -0.2) is 4.98 Å². The van der Waals surface area contributed by atoms with Crippen LogP contribution in [0.25, 0.3) is 11.2 Å². The number of imidazole rings is 1. The van der Waals surface area contributed by atoms with Crippen molar-refractivity contribution in [1.29, 1.82) is 0 Å². The van der Waals surface area contributed by atoms with Crippen molar-refractivity contribution in [3.05, 3.63) is 18.0 Å². The highest BCUT2D eigenvalue weighted by Crippen LogP contribution is 2.32. The molecule has 0 spiro atoms. The van der Waals surface area contributed by atoms with Crippen molar-refractivity contribution in [2.75, 3.05) is 27.2 Å². The molecular weight excluding hydrogens is 288 g/mol. The van der Waals surface area contributed by atoms with Crippen LogP contribution in [0.1, 0.15) is 37.0 Å². The Kier molecular flexibility index (Phi) is 4.04. The maximum atomic E-state index is 6.35. The number of likely N-dealkylation sites (tertiary alicyclic amines) is 1. The van der Waals surface area contributed by atoms with Gasteiger partial charge in [0.2, 0.25) is 5.88 Å². The van der Waals surface area contributed by atoms with Crippen molar-refractivity contribution >= 4 is 22.8 Å². The van der Waals surface area contributed by atoms with Crippen LogP contribution in [0.5, 0.6) is 5.88 Å². The standard InChI is InChI=1S/C15H21ClN4O/c1-10(16)14-17-12-4-5-13(21-3)18-15(12)20(14)11-6-8-19(2)9-7-11/h4-5,10-11H,6-9H2,1-3H3. The van der Waals surface area contributed by atoms with Gasteiger partial charge in [-0.05, 0) is 46.0 Å². The van der Waals surface area contributed by atoms with Crippen LogP contribution in [0.15, 0.2) is 12.1 Å². The van der Waals surface area contributed by atoms with Crippen molar-refractivity contribution in [2.45, 2.75) is 31.2 Å². The monoisotopic (exact) mass is 308 g/mol. The molecule has 1 aliphatic rings. The second-order valence-electron chi connectivity index (χ2n) is 5.69. The highest BCUT2D eigenvalue weighted by molar-refractivity contribution is 6.20. The molecule has 1 unspecified atom stereocenters. The van der Waals surface area contributed by atoms with Crippen molar-refractivity contribution < 1.29 is 4.74 Å². The molecule has 1 atom stereocenters.